The van der Waals surface area contributed by atoms with Crippen molar-refractivity contribution in [1.29, 1.82) is 0 Å². The molecule has 2 N–H and O–H groups in total. The number of amides is 2. The van der Waals surface area contributed by atoms with E-state index in [1.54, 1.807) is 0 Å². The highest BCUT2D eigenvalue weighted by molar-refractivity contribution is 5.99. The van der Waals surface area contributed by atoms with Crippen LogP contribution in [0.15, 0.2) is 36.4 Å². The van der Waals surface area contributed by atoms with Crippen molar-refractivity contribution >= 4 is 17.5 Å². The molecule has 120 valence electrons. The lowest BCUT2D eigenvalue weighted by Gasteiger charge is -2.08. The molecule has 0 aliphatic carbocycles. The van der Waals surface area contributed by atoms with Gasteiger partial charge in [-0.25, -0.2) is 17.6 Å². The van der Waals surface area contributed by atoms with Crippen LogP contribution in [0, 0.1) is 23.3 Å². The summed E-state index contributed by atoms with van der Waals surface area (Å²) in [6, 6.07) is 5.59. The number of carbonyl (C=O) groups is 2. The molecule has 0 aliphatic heterocycles. The molecule has 2 aromatic rings. The number of nitrogens with one attached hydrogen (secondary N) is 2. The topological polar surface area (TPSA) is 58.2 Å². The molecule has 23 heavy (non-hydrogen) atoms. The average Bonchev–Trinajstić information content (AvgIpc) is 2.49. The van der Waals surface area contributed by atoms with Crippen molar-refractivity contribution in [2.45, 2.75) is 0 Å². The van der Waals surface area contributed by atoms with Gasteiger partial charge in [-0.3, -0.25) is 9.59 Å². The van der Waals surface area contributed by atoms with Crippen molar-refractivity contribution in [1.82, 2.24) is 5.32 Å². The molecule has 0 aliphatic rings. The van der Waals surface area contributed by atoms with Crippen molar-refractivity contribution in [3.05, 3.63) is 65.2 Å². The van der Waals surface area contributed by atoms with Crippen molar-refractivity contribution in [3.63, 3.8) is 0 Å². The van der Waals surface area contributed by atoms with Crippen LogP contribution in [-0.2, 0) is 4.79 Å². The molecule has 8 heteroatoms. The van der Waals surface area contributed by atoms with Gasteiger partial charge >= 0.3 is 0 Å². The van der Waals surface area contributed by atoms with Crippen molar-refractivity contribution < 1.29 is 27.2 Å². The Hall–Kier alpha value is -2.90. The highest BCUT2D eigenvalue weighted by Gasteiger charge is 2.17. The summed E-state index contributed by atoms with van der Waals surface area (Å²) in [4.78, 5) is 23.2. The summed E-state index contributed by atoms with van der Waals surface area (Å²) in [5, 5.41) is 4.23. The summed E-state index contributed by atoms with van der Waals surface area (Å²) in [5.74, 6) is -6.25. The molecule has 0 aromatic heterocycles. The van der Waals surface area contributed by atoms with E-state index >= 15 is 0 Å². The summed E-state index contributed by atoms with van der Waals surface area (Å²) in [6.45, 7) is -0.606. The zero-order valence-corrected chi connectivity index (χ0v) is 11.5. The van der Waals surface area contributed by atoms with E-state index in [1.807, 2.05) is 5.32 Å². The summed E-state index contributed by atoms with van der Waals surface area (Å²) >= 11 is 0. The summed E-state index contributed by atoms with van der Waals surface area (Å²) in [7, 11) is 0. The Kier molecular flexibility index (Phi) is 4.95. The molecule has 0 bridgehead atoms. The molecule has 2 amide bonds. The number of rotatable bonds is 4. The second kappa shape index (κ2) is 6.91. The highest BCUT2D eigenvalue weighted by Crippen LogP contribution is 2.13. The lowest BCUT2D eigenvalue weighted by atomic mass is 10.2. The first kappa shape index (κ1) is 16.5. The largest absolute Gasteiger partial charge is 0.343 e. The van der Waals surface area contributed by atoms with E-state index in [0.717, 1.165) is 36.4 Å². The van der Waals surface area contributed by atoms with Gasteiger partial charge in [-0.2, -0.15) is 0 Å². The van der Waals surface area contributed by atoms with Crippen LogP contribution in [0.5, 0.6) is 0 Å². The van der Waals surface area contributed by atoms with E-state index in [4.69, 9.17) is 0 Å². The Labute approximate surface area is 128 Å². The van der Waals surface area contributed by atoms with E-state index in [2.05, 4.69) is 5.32 Å². The first-order valence-electron chi connectivity index (χ1n) is 6.35. The molecule has 0 heterocycles. The number of anilines is 1. The van der Waals surface area contributed by atoms with Gasteiger partial charge in [0.15, 0.2) is 11.6 Å². The summed E-state index contributed by atoms with van der Waals surface area (Å²) in [5.41, 5.74) is -0.839. The van der Waals surface area contributed by atoms with Gasteiger partial charge in [-0.15, -0.1) is 0 Å². The molecule has 0 fully saturated rings. The van der Waals surface area contributed by atoms with Crippen LogP contribution in [-0.4, -0.2) is 18.4 Å². The fourth-order valence-electron chi connectivity index (χ4n) is 1.74. The van der Waals surface area contributed by atoms with Gasteiger partial charge in [-0.05, 0) is 24.3 Å². The van der Waals surface area contributed by atoms with Gasteiger partial charge < -0.3 is 10.6 Å². The Bertz CT molecular complexity index is 745. The minimum Gasteiger partial charge on any atom is -0.343 e. The average molecular weight is 326 g/mol. The first-order chi connectivity index (χ1) is 10.9. The summed E-state index contributed by atoms with van der Waals surface area (Å²) < 4.78 is 52.5. The molecule has 2 aromatic carbocycles. The van der Waals surface area contributed by atoms with Crippen molar-refractivity contribution in [2.24, 2.45) is 0 Å². The second-order valence-corrected chi connectivity index (χ2v) is 4.46. The molecule has 0 saturated carbocycles. The minimum atomic E-state index is -1.15. The number of benzene rings is 2. The van der Waals surface area contributed by atoms with Gasteiger partial charge in [-0.1, -0.05) is 6.07 Å². The van der Waals surface area contributed by atoms with E-state index in [9.17, 15) is 27.2 Å². The molecular formula is C15H10F4N2O2. The molecule has 2 rings (SSSR count). The predicted molar refractivity (Wildman–Crippen MR) is 73.7 cm³/mol. The Morgan fingerprint density at radius 1 is 0.870 bits per heavy atom. The van der Waals surface area contributed by atoms with Crippen LogP contribution in [0.3, 0.4) is 0 Å². The number of hydrogen-bond donors (Lipinski definition) is 2. The maximum Gasteiger partial charge on any atom is 0.257 e. The normalized spacial score (nSPS) is 10.3. The Morgan fingerprint density at radius 2 is 1.52 bits per heavy atom. The van der Waals surface area contributed by atoms with Gasteiger partial charge in [0.05, 0.1) is 6.54 Å². The third kappa shape index (κ3) is 4.06. The molecule has 0 spiro atoms. The van der Waals surface area contributed by atoms with E-state index in [-0.39, 0.29) is 5.69 Å². The zero-order valence-electron chi connectivity index (χ0n) is 11.5. The lowest BCUT2D eigenvalue weighted by Crippen LogP contribution is -2.33. The minimum absolute atomic E-state index is 0.0276. The fourth-order valence-corrected chi connectivity index (χ4v) is 1.74. The van der Waals surface area contributed by atoms with Crippen LogP contribution in [0.25, 0.3) is 0 Å². The molecular weight excluding hydrogens is 316 g/mol. The Balaban J connectivity index is 1.96. The number of carbonyl (C=O) groups excluding carboxylic acids is 2. The van der Waals surface area contributed by atoms with Crippen LogP contribution >= 0.6 is 0 Å². The smallest absolute Gasteiger partial charge is 0.257 e. The van der Waals surface area contributed by atoms with Crippen LogP contribution in [0.2, 0.25) is 0 Å². The maximum absolute atomic E-state index is 13.4. The highest BCUT2D eigenvalue weighted by atomic mass is 19.2. The molecule has 0 unspecified atom stereocenters. The van der Waals surface area contributed by atoms with Crippen molar-refractivity contribution in [3.8, 4) is 0 Å². The van der Waals surface area contributed by atoms with Gasteiger partial charge in [0.25, 0.3) is 5.91 Å². The number of halogens is 4. The molecule has 4 nitrogen and oxygen atoms in total. The van der Waals surface area contributed by atoms with Crippen LogP contribution in [0.4, 0.5) is 23.2 Å². The standard InChI is InChI=1S/C15H10F4N2O2/c16-9-5-4-8(6-12(9)19)21-13(22)7-20-15(23)14-10(17)2-1-3-11(14)18/h1-6H,7H2,(H,20,23)(H,21,22). The van der Waals surface area contributed by atoms with E-state index in [1.165, 1.54) is 0 Å². The van der Waals surface area contributed by atoms with Gasteiger partial charge in [0, 0.05) is 11.8 Å². The first-order valence-corrected chi connectivity index (χ1v) is 6.35. The monoisotopic (exact) mass is 326 g/mol. The predicted octanol–water partition coefficient (Wildman–Crippen LogP) is 2.61. The molecule has 0 radical (unpaired) electrons. The number of hydrogen-bond acceptors (Lipinski definition) is 2. The second-order valence-electron chi connectivity index (χ2n) is 4.46. The van der Waals surface area contributed by atoms with Gasteiger partial charge in [0.1, 0.15) is 17.2 Å². The third-order valence-corrected chi connectivity index (χ3v) is 2.80. The Morgan fingerprint density at radius 3 is 2.13 bits per heavy atom. The zero-order chi connectivity index (χ0) is 17.0. The molecule has 0 atom stereocenters. The molecule has 0 saturated heterocycles. The van der Waals surface area contributed by atoms with Crippen molar-refractivity contribution in [2.75, 3.05) is 11.9 Å². The third-order valence-electron chi connectivity index (χ3n) is 2.80. The van der Waals surface area contributed by atoms with Crippen LogP contribution in [0.1, 0.15) is 10.4 Å². The maximum atomic E-state index is 13.4. The quantitative estimate of drug-likeness (QED) is 0.849. The summed E-state index contributed by atoms with van der Waals surface area (Å²) in [6.07, 6.45) is 0. The van der Waals surface area contributed by atoms with Gasteiger partial charge in [0.2, 0.25) is 5.91 Å². The van der Waals surface area contributed by atoms with Crippen LogP contribution < -0.4 is 10.6 Å². The lowest BCUT2D eigenvalue weighted by molar-refractivity contribution is -0.115. The van der Waals surface area contributed by atoms with E-state index < -0.39 is 47.2 Å². The van der Waals surface area contributed by atoms with E-state index in [0.29, 0.717) is 0 Å². The fraction of sp³-hybridized carbons (Fsp3) is 0.0667. The SMILES string of the molecule is O=C(CNC(=O)c1c(F)cccc1F)Nc1ccc(F)c(F)c1.